The van der Waals surface area contributed by atoms with Gasteiger partial charge in [-0.2, -0.15) is 8.42 Å². The van der Waals surface area contributed by atoms with Gasteiger partial charge in [-0.3, -0.25) is 4.55 Å². The SMILES string of the molecule is C[C@@H](CO)CCC[C@@H](C)[C@H]1[C@@H](O)[C@H](OS(=O)(=O)O)C2C3C[C@@H](O)[C@@]4(O)C[C@@H](O)CC[C@]4(C)C3CC[C@@]21C. The van der Waals surface area contributed by atoms with Crippen LogP contribution in [0.5, 0.6) is 0 Å². The van der Waals surface area contributed by atoms with Gasteiger partial charge in [-0.1, -0.05) is 40.5 Å². The van der Waals surface area contributed by atoms with Crippen molar-refractivity contribution in [2.45, 2.75) is 115 Å². The maximum absolute atomic E-state index is 12.0. The van der Waals surface area contributed by atoms with Crippen molar-refractivity contribution in [1.29, 1.82) is 0 Å². The highest BCUT2D eigenvalue weighted by atomic mass is 32.3. The van der Waals surface area contributed by atoms with E-state index in [4.69, 9.17) is 4.18 Å². The zero-order valence-corrected chi connectivity index (χ0v) is 23.5. The molecule has 0 aromatic rings. The van der Waals surface area contributed by atoms with Crippen LogP contribution in [-0.2, 0) is 14.6 Å². The summed E-state index contributed by atoms with van der Waals surface area (Å²) in [4.78, 5) is 0. The lowest BCUT2D eigenvalue weighted by molar-refractivity contribution is -0.267. The van der Waals surface area contributed by atoms with Crippen molar-refractivity contribution < 1.29 is 42.7 Å². The van der Waals surface area contributed by atoms with Crippen LogP contribution in [0.15, 0.2) is 0 Å². The molecule has 9 nitrogen and oxygen atoms in total. The molecule has 37 heavy (non-hydrogen) atoms. The second kappa shape index (κ2) is 10.3. The van der Waals surface area contributed by atoms with Crippen molar-refractivity contribution in [3.8, 4) is 0 Å². The number of fused-ring (bicyclic) bond motifs is 5. The van der Waals surface area contributed by atoms with Crippen LogP contribution in [0.2, 0.25) is 0 Å². The van der Waals surface area contributed by atoms with Crippen molar-refractivity contribution in [3.05, 3.63) is 0 Å². The highest BCUT2D eigenvalue weighted by Crippen LogP contribution is 2.69. The molecule has 216 valence electrons. The number of aliphatic hydroxyl groups excluding tert-OH is 4. The Labute approximate surface area is 221 Å². The molecule has 0 amide bonds. The average Bonchev–Trinajstić information content (AvgIpc) is 3.00. The van der Waals surface area contributed by atoms with Gasteiger partial charge in [0.25, 0.3) is 0 Å². The molecule has 4 rings (SSSR count). The molecule has 0 heterocycles. The molecular weight excluding hydrogens is 500 g/mol. The van der Waals surface area contributed by atoms with Crippen molar-refractivity contribution in [3.63, 3.8) is 0 Å². The van der Waals surface area contributed by atoms with Crippen LogP contribution in [-0.4, -0.2) is 75.1 Å². The Morgan fingerprint density at radius 1 is 1.05 bits per heavy atom. The van der Waals surface area contributed by atoms with Gasteiger partial charge >= 0.3 is 10.4 Å². The lowest BCUT2D eigenvalue weighted by Gasteiger charge is -2.65. The first-order valence-corrected chi connectivity index (χ1v) is 15.5. The van der Waals surface area contributed by atoms with E-state index in [1.165, 1.54) is 0 Å². The van der Waals surface area contributed by atoms with E-state index in [9.17, 15) is 38.5 Å². The summed E-state index contributed by atoms with van der Waals surface area (Å²) in [5.41, 5.74) is -2.60. The van der Waals surface area contributed by atoms with Gasteiger partial charge in [0.05, 0.1) is 23.9 Å². The van der Waals surface area contributed by atoms with Gasteiger partial charge in [0.1, 0.15) is 6.10 Å². The Morgan fingerprint density at radius 2 is 1.73 bits per heavy atom. The van der Waals surface area contributed by atoms with Crippen molar-refractivity contribution in [1.82, 2.24) is 0 Å². The molecule has 0 spiro atoms. The molecule has 0 aromatic carbocycles. The van der Waals surface area contributed by atoms with Gasteiger partial charge in [-0.05, 0) is 79.4 Å². The summed E-state index contributed by atoms with van der Waals surface area (Å²) in [6.07, 6.45) is 1.35. The highest BCUT2D eigenvalue weighted by Gasteiger charge is 2.71. The van der Waals surface area contributed by atoms with Gasteiger partial charge in [0.2, 0.25) is 0 Å². The minimum absolute atomic E-state index is 0.0470. The average molecular weight is 549 g/mol. The second-order valence-corrected chi connectivity index (χ2v) is 14.6. The monoisotopic (exact) mass is 548 g/mol. The molecule has 4 aliphatic carbocycles. The minimum Gasteiger partial charge on any atom is -0.396 e. The Balaban J connectivity index is 1.69. The molecule has 0 aliphatic heterocycles. The molecule has 4 fully saturated rings. The highest BCUT2D eigenvalue weighted by molar-refractivity contribution is 7.80. The van der Waals surface area contributed by atoms with Gasteiger partial charge in [0, 0.05) is 18.4 Å². The molecule has 3 unspecified atom stereocenters. The largest absolute Gasteiger partial charge is 0.397 e. The lowest BCUT2D eigenvalue weighted by Crippen LogP contribution is -2.69. The predicted molar refractivity (Wildman–Crippen MR) is 137 cm³/mol. The molecule has 0 saturated heterocycles. The Hall–Kier alpha value is -0.330. The van der Waals surface area contributed by atoms with E-state index in [0.29, 0.717) is 19.3 Å². The molecule has 6 N–H and O–H groups in total. The van der Waals surface area contributed by atoms with E-state index in [0.717, 1.165) is 25.7 Å². The first-order chi connectivity index (χ1) is 17.1. The zero-order chi connectivity index (χ0) is 27.6. The molecule has 0 bridgehead atoms. The smallest absolute Gasteiger partial charge is 0.396 e. The molecule has 13 atom stereocenters. The summed E-state index contributed by atoms with van der Waals surface area (Å²) in [6.45, 7) is 8.25. The number of hydrogen-bond acceptors (Lipinski definition) is 8. The Morgan fingerprint density at radius 3 is 2.35 bits per heavy atom. The van der Waals surface area contributed by atoms with Crippen LogP contribution in [0.3, 0.4) is 0 Å². The second-order valence-electron chi connectivity index (χ2n) is 13.5. The summed E-state index contributed by atoms with van der Waals surface area (Å²) in [5.74, 6) is -0.741. The molecule has 0 radical (unpaired) electrons. The Kier molecular flexibility index (Phi) is 8.21. The number of aliphatic hydroxyl groups is 5. The summed E-state index contributed by atoms with van der Waals surface area (Å²) in [6, 6.07) is 0. The third kappa shape index (κ3) is 4.92. The fraction of sp³-hybridized carbons (Fsp3) is 1.00. The summed E-state index contributed by atoms with van der Waals surface area (Å²) < 4.78 is 38.8. The summed E-state index contributed by atoms with van der Waals surface area (Å²) >= 11 is 0. The molecule has 4 aliphatic rings. The maximum atomic E-state index is 12.0. The van der Waals surface area contributed by atoms with Gasteiger partial charge in [-0.15, -0.1) is 0 Å². The predicted octanol–water partition coefficient (Wildman–Crippen LogP) is 2.30. The lowest BCUT2D eigenvalue weighted by atomic mass is 9.42. The van der Waals surface area contributed by atoms with Gasteiger partial charge in [-0.25, -0.2) is 4.18 Å². The first kappa shape index (κ1) is 29.6. The van der Waals surface area contributed by atoms with E-state index in [1.807, 2.05) is 13.8 Å². The van der Waals surface area contributed by atoms with Crippen LogP contribution in [0.25, 0.3) is 0 Å². The third-order valence-electron chi connectivity index (χ3n) is 11.5. The van der Waals surface area contributed by atoms with Crippen molar-refractivity contribution in [2.24, 2.45) is 46.3 Å². The fourth-order valence-electron chi connectivity index (χ4n) is 9.66. The van der Waals surface area contributed by atoms with E-state index < -0.39 is 57.2 Å². The van der Waals surface area contributed by atoms with Gasteiger partial charge < -0.3 is 25.5 Å². The van der Waals surface area contributed by atoms with Crippen LogP contribution >= 0.6 is 0 Å². The Bertz CT molecular complexity index is 929. The van der Waals surface area contributed by atoms with Crippen LogP contribution < -0.4 is 0 Å². The standard InChI is InChI=1S/C27H48O9S/c1-15(14-28)6-5-7-16(2)21-23(31)24(36-37(33,34)35)22-18-12-20(30)27(32)13-17(29)8-11-26(27,4)19(18)9-10-25(21,22)3/h15-24,28-32H,5-14H2,1-4H3,(H,33,34,35)/t15-,16-,17+,18?,19?,20-,21+,22?,23-,24-,25-,26-,27+/m1/s1. The summed E-state index contributed by atoms with van der Waals surface area (Å²) in [7, 11) is -4.84. The number of rotatable bonds is 8. The minimum atomic E-state index is -4.84. The van der Waals surface area contributed by atoms with Crippen molar-refractivity contribution in [2.75, 3.05) is 6.61 Å². The first-order valence-electron chi connectivity index (χ1n) is 14.1. The quantitative estimate of drug-likeness (QED) is 0.250. The third-order valence-corrected chi connectivity index (χ3v) is 11.9. The number of hydrogen-bond donors (Lipinski definition) is 6. The molecular formula is C27H48O9S. The van der Waals surface area contributed by atoms with E-state index in [2.05, 4.69) is 13.8 Å². The molecule has 4 saturated carbocycles. The van der Waals surface area contributed by atoms with Crippen LogP contribution in [0.1, 0.15) is 85.5 Å². The topological polar surface area (TPSA) is 165 Å². The summed E-state index contributed by atoms with van der Waals surface area (Å²) in [5, 5.41) is 54.3. The zero-order valence-electron chi connectivity index (χ0n) is 22.7. The molecule has 10 heteroatoms. The fourth-order valence-corrected chi connectivity index (χ4v) is 10.2. The maximum Gasteiger partial charge on any atom is 0.397 e. The molecule has 0 aromatic heterocycles. The van der Waals surface area contributed by atoms with E-state index >= 15 is 0 Å². The van der Waals surface area contributed by atoms with Crippen LogP contribution in [0, 0.1) is 46.3 Å². The van der Waals surface area contributed by atoms with Crippen molar-refractivity contribution >= 4 is 10.4 Å². The normalized spacial score (nSPS) is 49.6. The van der Waals surface area contributed by atoms with E-state index in [1.54, 1.807) is 0 Å². The van der Waals surface area contributed by atoms with Gasteiger partial charge in [0.15, 0.2) is 0 Å². The van der Waals surface area contributed by atoms with Crippen LogP contribution in [0.4, 0.5) is 0 Å². The van der Waals surface area contributed by atoms with E-state index in [-0.39, 0.29) is 49.0 Å².